The maximum atomic E-state index is 12.1. The topological polar surface area (TPSA) is 75.7 Å². The lowest BCUT2D eigenvalue weighted by Crippen LogP contribution is -2.22. The first kappa shape index (κ1) is 19.9. The second-order valence-corrected chi connectivity index (χ2v) is 8.49. The van der Waals surface area contributed by atoms with Crippen molar-refractivity contribution in [1.29, 1.82) is 0 Å². The van der Waals surface area contributed by atoms with Crippen LogP contribution in [0.3, 0.4) is 0 Å². The molecule has 0 aliphatic rings. The third-order valence-electron chi connectivity index (χ3n) is 3.82. The highest BCUT2D eigenvalue weighted by Crippen LogP contribution is 2.25. The van der Waals surface area contributed by atoms with Crippen molar-refractivity contribution in [3.63, 3.8) is 0 Å². The van der Waals surface area contributed by atoms with Gasteiger partial charge in [0.25, 0.3) is 5.91 Å². The molecule has 1 N–H and O–H groups in total. The lowest BCUT2D eigenvalue weighted by Gasteiger charge is -2.14. The molecule has 7 heteroatoms. The predicted molar refractivity (Wildman–Crippen MR) is 102 cm³/mol. The Balaban J connectivity index is 1.99. The molecule has 0 aliphatic carbocycles. The van der Waals surface area contributed by atoms with Gasteiger partial charge in [0.2, 0.25) is 10.0 Å². The monoisotopic (exact) mass is 376 g/mol. The number of carbonyl (C=O) groups excluding carboxylic acids is 1. The summed E-state index contributed by atoms with van der Waals surface area (Å²) < 4.78 is 30.8. The minimum Gasteiger partial charge on any atom is -0.483 e. The van der Waals surface area contributed by atoms with Crippen molar-refractivity contribution in [3.05, 3.63) is 54.1 Å². The molecule has 26 heavy (non-hydrogen) atoms. The zero-order chi connectivity index (χ0) is 19.3. The average Bonchev–Trinajstić information content (AvgIpc) is 2.60. The van der Waals surface area contributed by atoms with Crippen LogP contribution in [-0.4, -0.2) is 39.3 Å². The number of ether oxygens (including phenoxy) is 1. The Kier molecular flexibility index (Phi) is 6.39. The van der Waals surface area contributed by atoms with Crippen LogP contribution in [0.5, 0.6) is 5.75 Å². The van der Waals surface area contributed by atoms with Crippen LogP contribution in [0.15, 0.2) is 53.4 Å². The third kappa shape index (κ3) is 4.83. The summed E-state index contributed by atoms with van der Waals surface area (Å²) in [6.07, 6.45) is 0. The van der Waals surface area contributed by atoms with Crippen LogP contribution in [0, 0.1) is 0 Å². The molecule has 0 fully saturated rings. The second-order valence-electron chi connectivity index (χ2n) is 6.34. The lowest BCUT2D eigenvalue weighted by molar-refractivity contribution is -0.118. The van der Waals surface area contributed by atoms with Crippen molar-refractivity contribution in [2.45, 2.75) is 24.7 Å². The molecule has 2 aromatic rings. The zero-order valence-corrected chi connectivity index (χ0v) is 16.2. The molecule has 0 saturated carbocycles. The summed E-state index contributed by atoms with van der Waals surface area (Å²) in [5.74, 6) is 0.664. The van der Waals surface area contributed by atoms with Gasteiger partial charge >= 0.3 is 0 Å². The molecular weight excluding hydrogens is 352 g/mol. The molecule has 140 valence electrons. The summed E-state index contributed by atoms with van der Waals surface area (Å²) in [4.78, 5) is 12.3. The van der Waals surface area contributed by atoms with Crippen molar-refractivity contribution in [1.82, 2.24) is 4.31 Å². The van der Waals surface area contributed by atoms with E-state index in [1.54, 1.807) is 12.1 Å². The fourth-order valence-corrected chi connectivity index (χ4v) is 3.25. The van der Waals surface area contributed by atoms with E-state index in [-0.39, 0.29) is 17.4 Å². The summed E-state index contributed by atoms with van der Waals surface area (Å²) >= 11 is 0. The van der Waals surface area contributed by atoms with Crippen molar-refractivity contribution < 1.29 is 17.9 Å². The maximum Gasteiger partial charge on any atom is 0.262 e. The quantitative estimate of drug-likeness (QED) is 0.806. The zero-order valence-electron chi connectivity index (χ0n) is 15.4. The minimum atomic E-state index is -3.49. The van der Waals surface area contributed by atoms with Crippen molar-refractivity contribution in [2.75, 3.05) is 26.0 Å². The SMILES string of the molecule is CC(C)c1ccccc1OCC(=O)Nc1ccc(S(=O)(=O)N(C)C)cc1. The average molecular weight is 376 g/mol. The molecule has 2 aromatic carbocycles. The summed E-state index contributed by atoms with van der Waals surface area (Å²) in [6, 6.07) is 13.6. The number of nitrogens with zero attached hydrogens (tertiary/aromatic N) is 1. The van der Waals surface area contributed by atoms with E-state index in [1.807, 2.05) is 24.3 Å². The number of hydrogen-bond donors (Lipinski definition) is 1. The fraction of sp³-hybridized carbons (Fsp3) is 0.316. The summed E-state index contributed by atoms with van der Waals surface area (Å²) in [7, 11) is -0.546. The Morgan fingerprint density at radius 2 is 1.69 bits per heavy atom. The number of anilines is 1. The van der Waals surface area contributed by atoms with E-state index in [0.717, 1.165) is 9.87 Å². The Morgan fingerprint density at radius 1 is 1.08 bits per heavy atom. The molecule has 0 saturated heterocycles. The van der Waals surface area contributed by atoms with Crippen LogP contribution < -0.4 is 10.1 Å². The largest absolute Gasteiger partial charge is 0.483 e. The van der Waals surface area contributed by atoms with Gasteiger partial charge < -0.3 is 10.1 Å². The van der Waals surface area contributed by atoms with Gasteiger partial charge in [0, 0.05) is 19.8 Å². The van der Waals surface area contributed by atoms with E-state index >= 15 is 0 Å². The van der Waals surface area contributed by atoms with E-state index in [4.69, 9.17) is 4.74 Å². The highest BCUT2D eigenvalue weighted by Gasteiger charge is 2.17. The molecule has 2 rings (SSSR count). The van der Waals surface area contributed by atoms with Gasteiger partial charge in [-0.1, -0.05) is 32.0 Å². The first-order valence-electron chi connectivity index (χ1n) is 8.26. The number of carbonyl (C=O) groups is 1. The lowest BCUT2D eigenvalue weighted by atomic mass is 10.0. The van der Waals surface area contributed by atoms with Crippen LogP contribution in [-0.2, 0) is 14.8 Å². The Labute approximate surface area is 154 Å². The number of benzene rings is 2. The van der Waals surface area contributed by atoms with Gasteiger partial charge in [-0.25, -0.2) is 12.7 Å². The molecule has 0 bridgehead atoms. The van der Waals surface area contributed by atoms with Gasteiger partial charge in [-0.3, -0.25) is 4.79 Å². The van der Waals surface area contributed by atoms with Gasteiger partial charge in [0.1, 0.15) is 5.75 Å². The number of hydrogen-bond acceptors (Lipinski definition) is 4. The Hall–Kier alpha value is -2.38. The predicted octanol–water partition coefficient (Wildman–Crippen LogP) is 3.08. The van der Waals surface area contributed by atoms with Crippen LogP contribution in [0.4, 0.5) is 5.69 Å². The molecule has 0 atom stereocenters. The van der Waals surface area contributed by atoms with Gasteiger partial charge in [-0.2, -0.15) is 0 Å². The highest BCUT2D eigenvalue weighted by atomic mass is 32.2. The Bertz CT molecular complexity index is 859. The normalized spacial score (nSPS) is 11.6. The minimum absolute atomic E-state index is 0.124. The molecule has 0 aliphatic heterocycles. The fourth-order valence-electron chi connectivity index (χ4n) is 2.35. The van der Waals surface area contributed by atoms with Gasteiger partial charge in [0.15, 0.2) is 6.61 Å². The van der Waals surface area contributed by atoms with Crippen LogP contribution in [0.1, 0.15) is 25.3 Å². The van der Waals surface area contributed by atoms with Crippen molar-refractivity contribution in [3.8, 4) is 5.75 Å². The van der Waals surface area contributed by atoms with Gasteiger partial charge in [0.05, 0.1) is 4.90 Å². The van der Waals surface area contributed by atoms with Gasteiger partial charge in [-0.15, -0.1) is 0 Å². The standard InChI is InChI=1S/C19H24N2O4S/c1-14(2)17-7-5-6-8-18(17)25-13-19(22)20-15-9-11-16(12-10-15)26(23,24)21(3)4/h5-12,14H,13H2,1-4H3,(H,20,22). The molecule has 1 amide bonds. The van der Waals surface area contributed by atoms with E-state index in [0.29, 0.717) is 17.4 Å². The van der Waals surface area contributed by atoms with E-state index in [9.17, 15) is 13.2 Å². The van der Waals surface area contributed by atoms with Crippen molar-refractivity contribution in [2.24, 2.45) is 0 Å². The number of nitrogens with one attached hydrogen (secondary N) is 1. The van der Waals surface area contributed by atoms with Crippen LogP contribution >= 0.6 is 0 Å². The molecule has 0 unspecified atom stereocenters. The molecular formula is C19H24N2O4S. The highest BCUT2D eigenvalue weighted by molar-refractivity contribution is 7.89. The smallest absolute Gasteiger partial charge is 0.262 e. The first-order valence-corrected chi connectivity index (χ1v) is 9.70. The Morgan fingerprint density at radius 3 is 2.27 bits per heavy atom. The number of amides is 1. The summed E-state index contributed by atoms with van der Waals surface area (Å²) in [5.41, 5.74) is 1.55. The molecule has 6 nitrogen and oxygen atoms in total. The third-order valence-corrected chi connectivity index (χ3v) is 5.65. The van der Waals surface area contributed by atoms with Crippen LogP contribution in [0.25, 0.3) is 0 Å². The maximum absolute atomic E-state index is 12.1. The van der Waals surface area contributed by atoms with Crippen molar-refractivity contribution >= 4 is 21.6 Å². The molecule has 0 heterocycles. The molecule has 0 aromatic heterocycles. The summed E-state index contributed by atoms with van der Waals surface area (Å²) in [5, 5.41) is 2.70. The molecule has 0 spiro atoms. The van der Waals surface area contributed by atoms with E-state index in [2.05, 4.69) is 19.2 Å². The van der Waals surface area contributed by atoms with E-state index < -0.39 is 10.0 Å². The summed E-state index contributed by atoms with van der Waals surface area (Å²) in [6.45, 7) is 4.00. The van der Waals surface area contributed by atoms with Gasteiger partial charge in [-0.05, 0) is 41.8 Å². The van der Waals surface area contributed by atoms with Crippen LogP contribution in [0.2, 0.25) is 0 Å². The first-order chi connectivity index (χ1) is 12.2. The van der Waals surface area contributed by atoms with E-state index in [1.165, 1.54) is 26.2 Å². The molecule has 0 radical (unpaired) electrons. The number of para-hydroxylation sites is 1. The number of sulfonamides is 1. The number of rotatable bonds is 7. The second kappa shape index (κ2) is 8.33.